The SMILES string of the molecule is COC(=O)c1ccc(C(C)N2CCC(Cn3ccnn3)CC2)o1. The number of carbonyl (C=O) groups is 1. The summed E-state index contributed by atoms with van der Waals surface area (Å²) in [5, 5.41) is 7.88. The predicted molar refractivity (Wildman–Crippen MR) is 82.8 cm³/mol. The normalized spacial score (nSPS) is 18.0. The molecular formula is C16H22N4O3. The number of esters is 1. The van der Waals surface area contributed by atoms with Gasteiger partial charge in [-0.25, -0.2) is 4.79 Å². The van der Waals surface area contributed by atoms with E-state index in [0.29, 0.717) is 5.92 Å². The van der Waals surface area contributed by atoms with Crippen molar-refractivity contribution in [3.05, 3.63) is 36.0 Å². The fraction of sp³-hybridized carbons (Fsp3) is 0.562. The van der Waals surface area contributed by atoms with E-state index >= 15 is 0 Å². The zero-order valence-corrected chi connectivity index (χ0v) is 13.5. The average Bonchev–Trinajstić information content (AvgIpc) is 3.26. The molecule has 1 aliphatic rings. The van der Waals surface area contributed by atoms with Crippen LogP contribution in [0.4, 0.5) is 0 Å². The monoisotopic (exact) mass is 318 g/mol. The second-order valence-electron chi connectivity index (χ2n) is 5.97. The lowest BCUT2D eigenvalue weighted by Gasteiger charge is -2.35. The summed E-state index contributed by atoms with van der Waals surface area (Å²) in [5.74, 6) is 1.26. The molecule has 3 heterocycles. The molecule has 3 rings (SSSR count). The molecule has 0 radical (unpaired) electrons. The Morgan fingerprint density at radius 1 is 1.43 bits per heavy atom. The second kappa shape index (κ2) is 6.95. The van der Waals surface area contributed by atoms with Crippen molar-refractivity contribution < 1.29 is 13.9 Å². The van der Waals surface area contributed by atoms with E-state index in [2.05, 4.69) is 26.9 Å². The summed E-state index contributed by atoms with van der Waals surface area (Å²) in [6, 6.07) is 3.69. The lowest BCUT2D eigenvalue weighted by molar-refractivity contribution is 0.0556. The molecule has 0 saturated carbocycles. The Hall–Kier alpha value is -2.15. The van der Waals surface area contributed by atoms with Crippen molar-refractivity contribution in [3.63, 3.8) is 0 Å². The summed E-state index contributed by atoms with van der Waals surface area (Å²) >= 11 is 0. The van der Waals surface area contributed by atoms with Crippen molar-refractivity contribution in [1.82, 2.24) is 19.9 Å². The van der Waals surface area contributed by atoms with Crippen molar-refractivity contribution >= 4 is 5.97 Å². The second-order valence-corrected chi connectivity index (χ2v) is 5.97. The molecule has 2 aromatic rings. The van der Waals surface area contributed by atoms with Crippen molar-refractivity contribution in [2.45, 2.75) is 32.4 Å². The molecule has 23 heavy (non-hydrogen) atoms. The molecule has 0 spiro atoms. The lowest BCUT2D eigenvalue weighted by atomic mass is 9.95. The van der Waals surface area contributed by atoms with Gasteiger partial charge in [0.2, 0.25) is 5.76 Å². The molecule has 2 aromatic heterocycles. The molecular weight excluding hydrogens is 296 g/mol. The van der Waals surface area contributed by atoms with Gasteiger partial charge in [-0.2, -0.15) is 0 Å². The molecule has 0 N–H and O–H groups in total. The Morgan fingerprint density at radius 3 is 2.87 bits per heavy atom. The zero-order chi connectivity index (χ0) is 16.2. The fourth-order valence-corrected chi connectivity index (χ4v) is 3.09. The van der Waals surface area contributed by atoms with Crippen LogP contribution in [0.25, 0.3) is 0 Å². The van der Waals surface area contributed by atoms with Gasteiger partial charge in [-0.15, -0.1) is 5.10 Å². The van der Waals surface area contributed by atoms with Gasteiger partial charge in [0.15, 0.2) is 0 Å². The molecule has 1 fully saturated rings. The van der Waals surface area contributed by atoms with Crippen LogP contribution in [0.2, 0.25) is 0 Å². The highest BCUT2D eigenvalue weighted by Gasteiger charge is 2.26. The first kappa shape index (κ1) is 15.7. The third-order valence-corrected chi connectivity index (χ3v) is 4.54. The number of hydrogen-bond acceptors (Lipinski definition) is 6. The number of furan rings is 1. The van der Waals surface area contributed by atoms with Gasteiger partial charge in [0, 0.05) is 12.7 Å². The number of methoxy groups -OCH3 is 1. The van der Waals surface area contributed by atoms with Crippen LogP contribution in [0.3, 0.4) is 0 Å². The molecule has 0 bridgehead atoms. The van der Waals surface area contributed by atoms with Crippen LogP contribution in [0, 0.1) is 5.92 Å². The number of carbonyl (C=O) groups excluding carboxylic acids is 1. The number of rotatable bonds is 5. The quantitative estimate of drug-likeness (QED) is 0.786. The highest BCUT2D eigenvalue weighted by molar-refractivity contribution is 5.86. The van der Waals surface area contributed by atoms with Crippen molar-refractivity contribution in [3.8, 4) is 0 Å². The first-order valence-electron chi connectivity index (χ1n) is 7.93. The molecule has 124 valence electrons. The van der Waals surface area contributed by atoms with Crippen molar-refractivity contribution in [2.24, 2.45) is 5.92 Å². The first-order valence-corrected chi connectivity index (χ1v) is 7.93. The summed E-state index contributed by atoms with van der Waals surface area (Å²) < 4.78 is 12.2. The van der Waals surface area contributed by atoms with Crippen molar-refractivity contribution in [1.29, 1.82) is 0 Å². The van der Waals surface area contributed by atoms with E-state index in [9.17, 15) is 4.79 Å². The minimum Gasteiger partial charge on any atom is -0.463 e. The van der Waals surface area contributed by atoms with Gasteiger partial charge >= 0.3 is 5.97 Å². The fourth-order valence-electron chi connectivity index (χ4n) is 3.09. The van der Waals surface area contributed by atoms with Crippen LogP contribution in [-0.4, -0.2) is 46.1 Å². The maximum atomic E-state index is 11.5. The van der Waals surface area contributed by atoms with E-state index in [4.69, 9.17) is 4.42 Å². The third kappa shape index (κ3) is 3.61. The average molecular weight is 318 g/mol. The third-order valence-electron chi connectivity index (χ3n) is 4.54. The van der Waals surface area contributed by atoms with Gasteiger partial charge in [-0.05, 0) is 50.9 Å². The van der Waals surface area contributed by atoms with E-state index in [1.165, 1.54) is 7.11 Å². The van der Waals surface area contributed by atoms with E-state index in [1.807, 2.05) is 16.9 Å². The Bertz CT molecular complexity index is 630. The maximum Gasteiger partial charge on any atom is 0.373 e. The van der Waals surface area contributed by atoms with E-state index in [1.54, 1.807) is 12.3 Å². The van der Waals surface area contributed by atoms with Gasteiger partial charge in [0.25, 0.3) is 0 Å². The number of aromatic nitrogens is 3. The molecule has 0 amide bonds. The van der Waals surface area contributed by atoms with Gasteiger partial charge in [-0.3, -0.25) is 9.58 Å². The van der Waals surface area contributed by atoms with Crippen LogP contribution < -0.4 is 0 Å². The molecule has 0 aromatic carbocycles. The largest absolute Gasteiger partial charge is 0.463 e. The minimum atomic E-state index is -0.435. The van der Waals surface area contributed by atoms with Crippen LogP contribution in [-0.2, 0) is 11.3 Å². The number of nitrogens with zero attached hydrogens (tertiary/aromatic N) is 4. The molecule has 0 aliphatic carbocycles. The smallest absolute Gasteiger partial charge is 0.373 e. The van der Waals surface area contributed by atoms with Crippen LogP contribution in [0.1, 0.15) is 42.1 Å². The summed E-state index contributed by atoms with van der Waals surface area (Å²) in [4.78, 5) is 13.9. The van der Waals surface area contributed by atoms with E-state index < -0.39 is 5.97 Å². The molecule has 1 unspecified atom stereocenters. The molecule has 7 nitrogen and oxygen atoms in total. The molecule has 1 atom stereocenters. The number of likely N-dealkylation sites (tertiary alicyclic amines) is 1. The maximum absolute atomic E-state index is 11.5. The number of ether oxygens (including phenoxy) is 1. The summed E-state index contributed by atoms with van der Waals surface area (Å²) in [6.07, 6.45) is 5.86. The van der Waals surface area contributed by atoms with Crippen LogP contribution in [0.5, 0.6) is 0 Å². The summed E-state index contributed by atoms with van der Waals surface area (Å²) in [5.41, 5.74) is 0. The summed E-state index contributed by atoms with van der Waals surface area (Å²) in [6.45, 7) is 5.05. The summed E-state index contributed by atoms with van der Waals surface area (Å²) in [7, 11) is 1.36. The van der Waals surface area contributed by atoms with Gasteiger partial charge in [0.05, 0.1) is 19.3 Å². The Morgan fingerprint density at radius 2 is 2.22 bits per heavy atom. The standard InChI is InChI=1S/C16H22N4O3/c1-12(14-3-4-15(23-14)16(21)22-2)19-8-5-13(6-9-19)11-20-10-7-17-18-20/h3-4,7,10,12-13H,5-6,8-9,11H2,1-2H3. The number of piperidine rings is 1. The highest BCUT2D eigenvalue weighted by Crippen LogP contribution is 2.28. The van der Waals surface area contributed by atoms with Gasteiger partial charge in [-0.1, -0.05) is 5.21 Å². The van der Waals surface area contributed by atoms with E-state index in [0.717, 1.165) is 38.2 Å². The van der Waals surface area contributed by atoms with Crippen molar-refractivity contribution in [2.75, 3.05) is 20.2 Å². The van der Waals surface area contributed by atoms with Gasteiger partial charge < -0.3 is 9.15 Å². The zero-order valence-electron chi connectivity index (χ0n) is 13.5. The number of hydrogen-bond donors (Lipinski definition) is 0. The van der Waals surface area contributed by atoms with E-state index in [-0.39, 0.29) is 11.8 Å². The molecule has 1 saturated heterocycles. The Kier molecular flexibility index (Phi) is 4.76. The first-order chi connectivity index (χ1) is 11.2. The topological polar surface area (TPSA) is 73.4 Å². The molecule has 1 aliphatic heterocycles. The highest BCUT2D eigenvalue weighted by atomic mass is 16.5. The lowest BCUT2D eigenvalue weighted by Crippen LogP contribution is -2.36. The van der Waals surface area contributed by atoms with Crippen LogP contribution in [0.15, 0.2) is 28.9 Å². The minimum absolute atomic E-state index is 0.153. The van der Waals surface area contributed by atoms with Gasteiger partial charge in [0.1, 0.15) is 5.76 Å². The Balaban J connectivity index is 1.54. The Labute approximate surface area is 135 Å². The van der Waals surface area contributed by atoms with Crippen LogP contribution >= 0.6 is 0 Å². The predicted octanol–water partition coefficient (Wildman–Crippen LogP) is 2.13. The molecule has 7 heteroatoms.